The van der Waals surface area contributed by atoms with Gasteiger partial charge in [0, 0.05) is 32.7 Å². The maximum Gasteiger partial charge on any atom is 0.107 e. The molecule has 9 heteroatoms. The Hall–Kier alpha value is -0.360. The van der Waals surface area contributed by atoms with Crippen molar-refractivity contribution in [1.29, 1.82) is 0 Å². The number of likely N-dealkylation sites (N-methyl/N-ethyl adjacent to an activating group) is 1. The summed E-state index contributed by atoms with van der Waals surface area (Å²) in [5, 5.41) is 49.8. The summed E-state index contributed by atoms with van der Waals surface area (Å²) in [7, 11) is 0. The first-order chi connectivity index (χ1) is 11.7. The number of rotatable bonds is 15. The Labute approximate surface area is 152 Å². The molecule has 0 rings (SSSR count). The van der Waals surface area contributed by atoms with E-state index in [1.54, 1.807) is 27.7 Å². The molecule has 0 aliphatic heterocycles. The molecule has 25 heavy (non-hydrogen) atoms. The van der Waals surface area contributed by atoms with Gasteiger partial charge in [-0.3, -0.25) is 0 Å². The third kappa shape index (κ3) is 9.78. The Morgan fingerprint density at radius 1 is 0.640 bits per heavy atom. The fraction of sp³-hybridized carbons (Fsp3) is 1.00. The number of hydrogen-bond donors (Lipinski definition) is 7. The molecular weight excluding hydrogens is 326 g/mol. The molecule has 0 heterocycles. The standard InChI is InChI=1S/C16H39N5O4/c1-6-17-7-8-18-9-10-19-11-16(20(12(2)22)13(3)23)21(14(4)24)15(5)25/h12-19,22-25H,6-11H2,1-5H3. The minimum absolute atomic E-state index is 0.362. The number of aliphatic hydroxyl groups excluding tert-OH is 4. The lowest BCUT2D eigenvalue weighted by Crippen LogP contribution is -2.63. The summed E-state index contributed by atoms with van der Waals surface area (Å²) in [4.78, 5) is 2.87. The van der Waals surface area contributed by atoms with E-state index in [1.165, 1.54) is 9.80 Å². The third-order valence-corrected chi connectivity index (χ3v) is 3.95. The summed E-state index contributed by atoms with van der Waals surface area (Å²) in [6.07, 6.45) is -4.34. The van der Waals surface area contributed by atoms with Crippen molar-refractivity contribution in [2.24, 2.45) is 0 Å². The SMILES string of the molecule is CCNCCNCCNCC(N(C(C)O)C(C)O)N(C(C)O)C(C)O. The van der Waals surface area contributed by atoms with Gasteiger partial charge in [0.15, 0.2) is 0 Å². The van der Waals surface area contributed by atoms with Crippen LogP contribution in [0, 0.1) is 0 Å². The molecule has 0 aromatic rings. The number of nitrogens with zero attached hydrogens (tertiary/aromatic N) is 2. The van der Waals surface area contributed by atoms with Crippen LogP contribution < -0.4 is 16.0 Å². The molecule has 0 aromatic carbocycles. The summed E-state index contributed by atoms with van der Waals surface area (Å²) in [5.74, 6) is 0. The fourth-order valence-electron chi connectivity index (χ4n) is 2.87. The summed E-state index contributed by atoms with van der Waals surface area (Å²) >= 11 is 0. The first-order valence-corrected chi connectivity index (χ1v) is 9.13. The maximum absolute atomic E-state index is 10.0. The van der Waals surface area contributed by atoms with Crippen molar-refractivity contribution in [2.75, 3.05) is 39.3 Å². The Balaban J connectivity index is 4.69. The van der Waals surface area contributed by atoms with Crippen LogP contribution in [-0.2, 0) is 0 Å². The van der Waals surface area contributed by atoms with Crippen LogP contribution in [0.2, 0.25) is 0 Å². The molecule has 0 bridgehead atoms. The first kappa shape index (κ1) is 24.6. The van der Waals surface area contributed by atoms with Crippen molar-refractivity contribution in [3.05, 3.63) is 0 Å². The van der Waals surface area contributed by atoms with Crippen LogP contribution in [0.5, 0.6) is 0 Å². The van der Waals surface area contributed by atoms with Crippen LogP contribution in [0.15, 0.2) is 0 Å². The van der Waals surface area contributed by atoms with E-state index < -0.39 is 31.1 Å². The zero-order chi connectivity index (χ0) is 19.4. The van der Waals surface area contributed by atoms with Gasteiger partial charge in [0.1, 0.15) is 24.9 Å². The average Bonchev–Trinajstić information content (AvgIpc) is 2.48. The normalized spacial score (nSPS) is 18.4. The minimum atomic E-state index is -0.940. The fourth-order valence-corrected chi connectivity index (χ4v) is 2.87. The Morgan fingerprint density at radius 3 is 1.36 bits per heavy atom. The van der Waals surface area contributed by atoms with Gasteiger partial charge in [0.2, 0.25) is 0 Å². The molecule has 0 spiro atoms. The largest absolute Gasteiger partial charge is 0.379 e. The molecule has 0 aliphatic rings. The van der Waals surface area contributed by atoms with Crippen LogP contribution in [0.1, 0.15) is 34.6 Å². The first-order valence-electron chi connectivity index (χ1n) is 9.13. The van der Waals surface area contributed by atoms with E-state index in [2.05, 4.69) is 22.9 Å². The molecule has 152 valence electrons. The highest BCUT2D eigenvalue weighted by molar-refractivity contribution is 4.79. The minimum Gasteiger partial charge on any atom is -0.379 e. The van der Waals surface area contributed by atoms with Crippen LogP contribution >= 0.6 is 0 Å². The number of nitrogens with one attached hydrogen (secondary N) is 3. The van der Waals surface area contributed by atoms with Crippen molar-refractivity contribution in [3.63, 3.8) is 0 Å². The van der Waals surface area contributed by atoms with Crippen molar-refractivity contribution in [2.45, 2.75) is 65.7 Å². The van der Waals surface area contributed by atoms with Crippen molar-refractivity contribution in [3.8, 4) is 0 Å². The van der Waals surface area contributed by atoms with E-state index in [0.29, 0.717) is 13.1 Å². The van der Waals surface area contributed by atoms with Crippen molar-refractivity contribution in [1.82, 2.24) is 25.8 Å². The number of aliphatic hydroxyl groups is 4. The van der Waals surface area contributed by atoms with Gasteiger partial charge in [-0.05, 0) is 34.2 Å². The number of hydrogen-bond acceptors (Lipinski definition) is 9. The van der Waals surface area contributed by atoms with E-state index in [1.807, 2.05) is 0 Å². The summed E-state index contributed by atoms with van der Waals surface area (Å²) in [5.41, 5.74) is 0. The zero-order valence-electron chi connectivity index (χ0n) is 16.3. The predicted octanol–water partition coefficient (Wildman–Crippen LogP) is -1.94. The summed E-state index contributed by atoms with van der Waals surface area (Å²) < 4.78 is 0. The second-order valence-corrected chi connectivity index (χ2v) is 6.21. The average molecular weight is 366 g/mol. The van der Waals surface area contributed by atoms with Gasteiger partial charge >= 0.3 is 0 Å². The quantitative estimate of drug-likeness (QED) is 0.131. The van der Waals surface area contributed by atoms with E-state index in [9.17, 15) is 20.4 Å². The van der Waals surface area contributed by atoms with E-state index in [0.717, 1.165) is 26.2 Å². The van der Waals surface area contributed by atoms with Gasteiger partial charge < -0.3 is 36.4 Å². The van der Waals surface area contributed by atoms with E-state index in [4.69, 9.17) is 0 Å². The van der Waals surface area contributed by atoms with Gasteiger partial charge in [-0.15, -0.1) is 0 Å². The van der Waals surface area contributed by atoms with Crippen LogP contribution in [0.25, 0.3) is 0 Å². The molecule has 0 radical (unpaired) electrons. The van der Waals surface area contributed by atoms with E-state index in [-0.39, 0.29) is 0 Å². The monoisotopic (exact) mass is 365 g/mol. The van der Waals surface area contributed by atoms with Gasteiger partial charge in [-0.1, -0.05) is 6.92 Å². The van der Waals surface area contributed by atoms with Gasteiger partial charge in [0.05, 0.1) is 6.17 Å². The highest BCUT2D eigenvalue weighted by Crippen LogP contribution is 2.16. The van der Waals surface area contributed by atoms with Crippen LogP contribution in [-0.4, -0.2) is 101 Å². The highest BCUT2D eigenvalue weighted by Gasteiger charge is 2.34. The second-order valence-electron chi connectivity index (χ2n) is 6.21. The molecule has 0 aliphatic carbocycles. The molecule has 4 unspecified atom stereocenters. The third-order valence-electron chi connectivity index (χ3n) is 3.95. The van der Waals surface area contributed by atoms with Gasteiger partial charge in [-0.25, -0.2) is 9.80 Å². The highest BCUT2D eigenvalue weighted by atomic mass is 16.3. The lowest BCUT2D eigenvalue weighted by molar-refractivity contribution is -0.203. The Morgan fingerprint density at radius 2 is 1.00 bits per heavy atom. The Kier molecular flexibility index (Phi) is 13.6. The molecule has 0 amide bonds. The molecule has 0 aromatic heterocycles. The lowest BCUT2D eigenvalue weighted by Gasteiger charge is -2.45. The van der Waals surface area contributed by atoms with Gasteiger partial charge in [0.25, 0.3) is 0 Å². The molecule has 0 saturated carbocycles. The van der Waals surface area contributed by atoms with Crippen LogP contribution in [0.4, 0.5) is 0 Å². The molecular formula is C16H39N5O4. The molecule has 9 nitrogen and oxygen atoms in total. The van der Waals surface area contributed by atoms with Crippen LogP contribution in [0.3, 0.4) is 0 Å². The Bertz CT molecular complexity index is 283. The smallest absolute Gasteiger partial charge is 0.107 e. The molecule has 0 saturated heterocycles. The second kappa shape index (κ2) is 13.8. The summed E-state index contributed by atoms with van der Waals surface area (Å²) in [6.45, 7) is 12.8. The maximum atomic E-state index is 10.0. The lowest BCUT2D eigenvalue weighted by atomic mass is 10.2. The predicted molar refractivity (Wildman–Crippen MR) is 98.5 cm³/mol. The molecule has 0 fully saturated rings. The molecule has 4 atom stereocenters. The topological polar surface area (TPSA) is 123 Å². The summed E-state index contributed by atoms with van der Waals surface area (Å²) in [6, 6.07) is 0. The van der Waals surface area contributed by atoms with Crippen molar-refractivity contribution < 1.29 is 20.4 Å². The van der Waals surface area contributed by atoms with E-state index >= 15 is 0 Å². The zero-order valence-corrected chi connectivity index (χ0v) is 16.3. The van der Waals surface area contributed by atoms with Gasteiger partial charge in [-0.2, -0.15) is 0 Å². The van der Waals surface area contributed by atoms with Crippen molar-refractivity contribution >= 4 is 0 Å². The molecule has 7 N–H and O–H groups in total.